The van der Waals surface area contributed by atoms with Crippen LogP contribution in [-0.2, 0) is 6.54 Å². The topological polar surface area (TPSA) is 28.6 Å². The van der Waals surface area contributed by atoms with E-state index in [0.717, 1.165) is 43.9 Å². The van der Waals surface area contributed by atoms with Crippen molar-refractivity contribution >= 4 is 17.4 Å². The fraction of sp³-hybridized carbons (Fsp3) is 0.450. The molecule has 0 amide bonds. The predicted molar refractivity (Wildman–Crippen MR) is 103 cm³/mol. The SMILES string of the molecule is CCOc1cc(CN2CN(c3ccc(SC(F)(F)F)cc3)CC23CC3)ccn1. The third-order valence-corrected chi connectivity index (χ3v) is 5.96. The molecular weight excluding hydrogens is 387 g/mol. The maximum absolute atomic E-state index is 12.5. The van der Waals surface area contributed by atoms with Crippen LogP contribution >= 0.6 is 11.8 Å². The summed E-state index contributed by atoms with van der Waals surface area (Å²) in [6, 6.07) is 10.6. The van der Waals surface area contributed by atoms with Crippen molar-refractivity contribution in [2.45, 2.75) is 42.3 Å². The molecule has 2 heterocycles. The number of rotatable bonds is 6. The average molecular weight is 409 g/mol. The van der Waals surface area contributed by atoms with Crippen LogP contribution in [0.1, 0.15) is 25.3 Å². The van der Waals surface area contributed by atoms with Gasteiger partial charge in [0.1, 0.15) is 0 Å². The highest BCUT2D eigenvalue weighted by atomic mass is 32.2. The minimum Gasteiger partial charge on any atom is -0.478 e. The minimum atomic E-state index is -4.26. The maximum Gasteiger partial charge on any atom is 0.446 e. The summed E-state index contributed by atoms with van der Waals surface area (Å²) in [4.78, 5) is 9.14. The lowest BCUT2D eigenvalue weighted by Crippen LogP contribution is -2.32. The molecule has 2 aromatic rings. The van der Waals surface area contributed by atoms with Gasteiger partial charge in [0.15, 0.2) is 0 Å². The van der Waals surface area contributed by atoms with E-state index in [1.54, 1.807) is 30.5 Å². The summed E-state index contributed by atoms with van der Waals surface area (Å²) in [6.07, 6.45) is 4.06. The molecule has 4 rings (SSSR count). The Labute approximate surface area is 166 Å². The first-order valence-corrected chi connectivity index (χ1v) is 10.1. The molecule has 1 aromatic carbocycles. The third-order valence-electron chi connectivity index (χ3n) is 5.22. The van der Waals surface area contributed by atoms with Gasteiger partial charge in [-0.1, -0.05) is 0 Å². The van der Waals surface area contributed by atoms with Crippen molar-refractivity contribution in [1.29, 1.82) is 0 Å². The first-order chi connectivity index (χ1) is 13.4. The Bertz CT molecular complexity index is 824. The molecule has 2 fully saturated rings. The van der Waals surface area contributed by atoms with Gasteiger partial charge in [0.25, 0.3) is 0 Å². The van der Waals surface area contributed by atoms with Crippen LogP contribution in [0.25, 0.3) is 0 Å². The second kappa shape index (κ2) is 7.48. The van der Waals surface area contributed by atoms with E-state index in [-0.39, 0.29) is 22.2 Å². The average Bonchev–Trinajstić information content (AvgIpc) is 3.32. The monoisotopic (exact) mass is 409 g/mol. The molecule has 2 aliphatic rings. The molecule has 28 heavy (non-hydrogen) atoms. The molecule has 0 N–H and O–H groups in total. The van der Waals surface area contributed by atoms with Crippen molar-refractivity contribution in [2.24, 2.45) is 0 Å². The Kier molecular flexibility index (Phi) is 5.18. The lowest BCUT2D eigenvalue weighted by Gasteiger charge is -2.22. The van der Waals surface area contributed by atoms with Crippen LogP contribution in [0.5, 0.6) is 5.88 Å². The molecule has 0 radical (unpaired) electrons. The summed E-state index contributed by atoms with van der Waals surface area (Å²) in [5.41, 5.74) is -1.96. The largest absolute Gasteiger partial charge is 0.478 e. The van der Waals surface area contributed by atoms with Gasteiger partial charge in [-0.2, -0.15) is 13.2 Å². The second-order valence-corrected chi connectivity index (χ2v) is 8.38. The van der Waals surface area contributed by atoms with Gasteiger partial charge >= 0.3 is 5.51 Å². The Hall–Kier alpha value is -1.93. The van der Waals surface area contributed by atoms with E-state index in [0.29, 0.717) is 12.5 Å². The number of halogens is 3. The highest BCUT2D eigenvalue weighted by Gasteiger charge is 2.53. The van der Waals surface area contributed by atoms with Crippen LogP contribution in [0.2, 0.25) is 0 Å². The van der Waals surface area contributed by atoms with Gasteiger partial charge in [0.2, 0.25) is 5.88 Å². The molecule has 0 unspecified atom stereocenters. The van der Waals surface area contributed by atoms with Gasteiger partial charge in [-0.05, 0) is 67.4 Å². The zero-order valence-electron chi connectivity index (χ0n) is 15.6. The Morgan fingerprint density at radius 3 is 2.57 bits per heavy atom. The van der Waals surface area contributed by atoms with Gasteiger partial charge in [-0.25, -0.2) is 4.98 Å². The van der Waals surface area contributed by atoms with Crippen molar-refractivity contribution in [1.82, 2.24) is 9.88 Å². The number of thioether (sulfide) groups is 1. The molecule has 150 valence electrons. The van der Waals surface area contributed by atoms with Crippen molar-refractivity contribution in [3.05, 3.63) is 48.2 Å². The predicted octanol–water partition coefficient (Wildman–Crippen LogP) is 4.90. The second-order valence-electron chi connectivity index (χ2n) is 7.24. The van der Waals surface area contributed by atoms with Gasteiger partial charge in [-0.15, -0.1) is 0 Å². The Morgan fingerprint density at radius 2 is 1.93 bits per heavy atom. The highest BCUT2D eigenvalue weighted by molar-refractivity contribution is 8.00. The normalized spacial score (nSPS) is 18.6. The summed E-state index contributed by atoms with van der Waals surface area (Å²) in [7, 11) is 0. The van der Waals surface area contributed by atoms with Crippen molar-refractivity contribution in [2.75, 3.05) is 24.7 Å². The molecule has 1 aliphatic carbocycles. The zero-order chi connectivity index (χ0) is 19.8. The lowest BCUT2D eigenvalue weighted by molar-refractivity contribution is -0.0328. The van der Waals surface area contributed by atoms with E-state index in [9.17, 15) is 13.2 Å². The van der Waals surface area contributed by atoms with Crippen LogP contribution in [0.15, 0.2) is 47.5 Å². The standard InChI is InChI=1S/C20H22F3N3OS/c1-2-27-18-11-15(7-10-24-18)12-26-14-25(13-19(26)8-9-19)16-3-5-17(6-4-16)28-20(21,22)23/h3-7,10-11H,2,8-9,12-14H2,1H3. The smallest absolute Gasteiger partial charge is 0.446 e. The molecule has 1 saturated carbocycles. The van der Waals surface area contributed by atoms with Crippen LogP contribution in [-0.4, -0.2) is 40.8 Å². The summed E-state index contributed by atoms with van der Waals surface area (Å²) in [5.74, 6) is 0.638. The van der Waals surface area contributed by atoms with Crippen LogP contribution in [0, 0.1) is 0 Å². The number of alkyl halides is 3. The van der Waals surface area contributed by atoms with E-state index in [1.165, 1.54) is 0 Å². The minimum absolute atomic E-state index is 0.0750. The summed E-state index contributed by atoms with van der Waals surface area (Å²) >= 11 is -0.0750. The molecule has 1 aromatic heterocycles. The number of anilines is 1. The number of nitrogens with zero attached hydrogens (tertiary/aromatic N) is 3. The van der Waals surface area contributed by atoms with Gasteiger partial charge in [-0.3, -0.25) is 4.90 Å². The van der Waals surface area contributed by atoms with E-state index in [4.69, 9.17) is 4.74 Å². The first kappa shape index (κ1) is 19.4. The number of hydrogen-bond acceptors (Lipinski definition) is 5. The van der Waals surface area contributed by atoms with Crippen LogP contribution < -0.4 is 9.64 Å². The quantitative estimate of drug-likeness (QED) is 0.633. The van der Waals surface area contributed by atoms with Gasteiger partial charge in [0, 0.05) is 41.5 Å². The summed E-state index contributed by atoms with van der Waals surface area (Å²) in [6.45, 7) is 4.99. The number of ether oxygens (including phenoxy) is 1. The number of pyridine rings is 1. The van der Waals surface area contributed by atoms with Crippen LogP contribution in [0.3, 0.4) is 0 Å². The third kappa shape index (κ3) is 4.38. The Morgan fingerprint density at radius 1 is 1.18 bits per heavy atom. The molecule has 1 spiro atoms. The molecule has 0 atom stereocenters. The van der Waals surface area contributed by atoms with E-state index >= 15 is 0 Å². The van der Waals surface area contributed by atoms with Crippen molar-refractivity contribution in [3.63, 3.8) is 0 Å². The molecule has 1 aliphatic heterocycles. The van der Waals surface area contributed by atoms with E-state index < -0.39 is 5.51 Å². The Balaban J connectivity index is 1.44. The number of aromatic nitrogens is 1. The fourth-order valence-corrected chi connectivity index (χ4v) is 4.26. The fourth-order valence-electron chi connectivity index (χ4n) is 3.73. The van der Waals surface area contributed by atoms with Crippen molar-refractivity contribution in [3.8, 4) is 5.88 Å². The zero-order valence-corrected chi connectivity index (χ0v) is 16.4. The summed E-state index contributed by atoms with van der Waals surface area (Å²) in [5, 5.41) is 0. The molecule has 0 bridgehead atoms. The molecule has 4 nitrogen and oxygen atoms in total. The first-order valence-electron chi connectivity index (χ1n) is 9.30. The molecular formula is C20H22F3N3OS. The number of benzene rings is 1. The van der Waals surface area contributed by atoms with Crippen molar-refractivity contribution < 1.29 is 17.9 Å². The summed E-state index contributed by atoms with van der Waals surface area (Å²) < 4.78 is 43.1. The highest BCUT2D eigenvalue weighted by Crippen LogP contribution is 2.48. The molecule has 8 heteroatoms. The molecule has 1 saturated heterocycles. The number of hydrogen-bond donors (Lipinski definition) is 0. The van der Waals surface area contributed by atoms with Gasteiger partial charge < -0.3 is 9.64 Å². The maximum atomic E-state index is 12.5. The van der Waals surface area contributed by atoms with E-state index in [2.05, 4.69) is 14.8 Å². The lowest BCUT2D eigenvalue weighted by atomic mass is 10.2. The van der Waals surface area contributed by atoms with E-state index in [1.807, 2.05) is 19.1 Å². The van der Waals surface area contributed by atoms with Gasteiger partial charge in [0.05, 0.1) is 13.3 Å². The van der Waals surface area contributed by atoms with Crippen LogP contribution in [0.4, 0.5) is 18.9 Å².